The second kappa shape index (κ2) is 5.24. The van der Waals surface area contributed by atoms with Crippen molar-refractivity contribution in [2.75, 3.05) is 5.32 Å². The number of rotatable bonds is 2. The van der Waals surface area contributed by atoms with Gasteiger partial charge in [0.1, 0.15) is 11.3 Å². The molecule has 18 heavy (non-hydrogen) atoms. The highest BCUT2D eigenvalue weighted by molar-refractivity contribution is 6.43. The Labute approximate surface area is 111 Å². The van der Waals surface area contributed by atoms with E-state index in [-0.39, 0.29) is 21.6 Å². The summed E-state index contributed by atoms with van der Waals surface area (Å²) in [6.45, 7) is 0. The third-order valence-corrected chi connectivity index (χ3v) is 2.74. The van der Waals surface area contributed by atoms with Crippen LogP contribution in [0, 0.1) is 5.82 Å². The summed E-state index contributed by atoms with van der Waals surface area (Å²) in [6.07, 6.45) is 3.36. The maximum absolute atomic E-state index is 13.3. The summed E-state index contributed by atoms with van der Waals surface area (Å²) in [5, 5.41) is 2.32. The number of nitrogens with zero attached hydrogens (tertiary/aromatic N) is 3. The molecular formula is C10H5Cl2FN4O. The number of halogens is 3. The molecule has 8 heteroatoms. The van der Waals surface area contributed by atoms with E-state index in [0.717, 1.165) is 12.5 Å². The molecule has 0 bridgehead atoms. The maximum Gasteiger partial charge on any atom is 0.259 e. The highest BCUT2D eigenvalue weighted by Crippen LogP contribution is 2.25. The Morgan fingerprint density at radius 3 is 2.83 bits per heavy atom. The van der Waals surface area contributed by atoms with Crippen LogP contribution in [0.2, 0.25) is 10.2 Å². The lowest BCUT2D eigenvalue weighted by Crippen LogP contribution is -2.15. The lowest BCUT2D eigenvalue weighted by molar-refractivity contribution is 0.102. The number of anilines is 1. The molecule has 5 nitrogen and oxygen atoms in total. The van der Waals surface area contributed by atoms with E-state index in [1.807, 2.05) is 0 Å². The van der Waals surface area contributed by atoms with Crippen molar-refractivity contribution in [3.63, 3.8) is 0 Å². The van der Waals surface area contributed by atoms with Gasteiger partial charge in [0, 0.05) is 6.20 Å². The first kappa shape index (κ1) is 12.7. The Balaban J connectivity index is 2.27. The minimum atomic E-state index is -0.744. The predicted molar refractivity (Wildman–Crippen MR) is 64.2 cm³/mol. The molecule has 0 fully saturated rings. The van der Waals surface area contributed by atoms with Crippen LogP contribution in [0.1, 0.15) is 10.4 Å². The average molecular weight is 287 g/mol. The van der Waals surface area contributed by atoms with Gasteiger partial charge in [0.05, 0.1) is 11.8 Å². The Hall–Kier alpha value is -1.79. The van der Waals surface area contributed by atoms with Gasteiger partial charge in [-0.25, -0.2) is 14.4 Å². The van der Waals surface area contributed by atoms with Crippen LogP contribution in [0.3, 0.4) is 0 Å². The summed E-state index contributed by atoms with van der Waals surface area (Å²) in [4.78, 5) is 22.7. The van der Waals surface area contributed by atoms with Crippen molar-refractivity contribution in [3.8, 4) is 0 Å². The summed E-state index contributed by atoms with van der Waals surface area (Å²) in [5.74, 6) is -1.43. The van der Waals surface area contributed by atoms with E-state index in [2.05, 4.69) is 20.3 Å². The van der Waals surface area contributed by atoms with Crippen LogP contribution >= 0.6 is 23.2 Å². The number of pyridine rings is 1. The smallest absolute Gasteiger partial charge is 0.259 e. The lowest BCUT2D eigenvalue weighted by atomic mass is 10.2. The minimum absolute atomic E-state index is 0.00262. The first-order valence-electron chi connectivity index (χ1n) is 4.66. The SMILES string of the molecule is O=C(Nc1ncnc(Cl)c1Cl)c1ccncc1F. The van der Waals surface area contributed by atoms with Crippen molar-refractivity contribution in [2.45, 2.75) is 0 Å². The van der Waals surface area contributed by atoms with Crippen molar-refractivity contribution in [3.05, 3.63) is 46.3 Å². The molecule has 0 saturated heterocycles. The molecule has 0 aliphatic carbocycles. The predicted octanol–water partition coefficient (Wildman–Crippen LogP) is 2.57. The molecule has 0 aromatic carbocycles. The summed E-state index contributed by atoms with van der Waals surface area (Å²) in [5.41, 5.74) is -0.171. The van der Waals surface area contributed by atoms with Crippen LogP contribution in [0.5, 0.6) is 0 Å². The summed E-state index contributed by atoms with van der Waals surface area (Å²) < 4.78 is 13.3. The Morgan fingerprint density at radius 1 is 1.33 bits per heavy atom. The zero-order chi connectivity index (χ0) is 13.1. The van der Waals surface area contributed by atoms with Gasteiger partial charge in [0.15, 0.2) is 16.8 Å². The third kappa shape index (κ3) is 2.55. The Bertz CT molecular complexity index is 608. The molecule has 0 aliphatic heterocycles. The van der Waals surface area contributed by atoms with E-state index in [1.165, 1.54) is 12.3 Å². The van der Waals surface area contributed by atoms with Crippen molar-refractivity contribution in [1.29, 1.82) is 0 Å². The largest absolute Gasteiger partial charge is 0.305 e. The summed E-state index contributed by atoms with van der Waals surface area (Å²) in [6, 6.07) is 1.24. The van der Waals surface area contributed by atoms with Gasteiger partial charge in [-0.3, -0.25) is 9.78 Å². The number of nitrogens with one attached hydrogen (secondary N) is 1. The minimum Gasteiger partial charge on any atom is -0.305 e. The van der Waals surface area contributed by atoms with Crippen molar-refractivity contribution < 1.29 is 9.18 Å². The van der Waals surface area contributed by atoms with Gasteiger partial charge < -0.3 is 5.32 Å². The van der Waals surface area contributed by atoms with E-state index in [0.29, 0.717) is 0 Å². The van der Waals surface area contributed by atoms with E-state index < -0.39 is 11.7 Å². The van der Waals surface area contributed by atoms with Crippen molar-refractivity contribution in [1.82, 2.24) is 15.0 Å². The number of aromatic nitrogens is 3. The molecule has 0 atom stereocenters. The van der Waals surface area contributed by atoms with E-state index >= 15 is 0 Å². The molecule has 1 amide bonds. The first-order chi connectivity index (χ1) is 8.59. The second-order valence-electron chi connectivity index (χ2n) is 3.14. The van der Waals surface area contributed by atoms with E-state index in [1.54, 1.807) is 0 Å². The molecule has 0 saturated carbocycles. The van der Waals surface area contributed by atoms with Crippen LogP contribution in [-0.4, -0.2) is 20.9 Å². The molecule has 2 heterocycles. The van der Waals surface area contributed by atoms with Gasteiger partial charge >= 0.3 is 0 Å². The normalized spacial score (nSPS) is 10.2. The van der Waals surface area contributed by atoms with Crippen LogP contribution < -0.4 is 5.32 Å². The Morgan fingerprint density at radius 2 is 2.11 bits per heavy atom. The van der Waals surface area contributed by atoms with Gasteiger partial charge in [-0.1, -0.05) is 23.2 Å². The number of hydrogen-bond acceptors (Lipinski definition) is 4. The fourth-order valence-electron chi connectivity index (χ4n) is 1.17. The van der Waals surface area contributed by atoms with Crippen LogP contribution in [0.25, 0.3) is 0 Å². The van der Waals surface area contributed by atoms with Gasteiger partial charge in [0.2, 0.25) is 0 Å². The number of amides is 1. The molecule has 0 unspecified atom stereocenters. The van der Waals surface area contributed by atoms with Gasteiger partial charge in [-0.05, 0) is 6.07 Å². The molecule has 0 radical (unpaired) electrons. The Kier molecular flexibility index (Phi) is 3.69. The van der Waals surface area contributed by atoms with Crippen molar-refractivity contribution in [2.24, 2.45) is 0 Å². The van der Waals surface area contributed by atoms with E-state index in [9.17, 15) is 9.18 Å². The van der Waals surface area contributed by atoms with Crippen LogP contribution in [0.4, 0.5) is 10.2 Å². The molecule has 2 rings (SSSR count). The monoisotopic (exact) mass is 286 g/mol. The molecule has 2 aromatic rings. The number of carbonyl (C=O) groups excluding carboxylic acids is 1. The molecule has 0 spiro atoms. The standard InChI is InChI=1S/C10H5Cl2FN4O/c11-7-8(12)15-4-16-9(7)17-10(18)5-1-2-14-3-6(5)13/h1-4H,(H,15,16,17,18). The van der Waals surface area contributed by atoms with Gasteiger partial charge in [-0.15, -0.1) is 0 Å². The van der Waals surface area contributed by atoms with Crippen LogP contribution in [-0.2, 0) is 0 Å². The molecule has 0 aliphatic rings. The fourth-order valence-corrected chi connectivity index (χ4v) is 1.45. The second-order valence-corrected chi connectivity index (χ2v) is 3.87. The first-order valence-corrected chi connectivity index (χ1v) is 5.42. The number of hydrogen-bond donors (Lipinski definition) is 1. The third-order valence-electron chi connectivity index (χ3n) is 2.00. The van der Waals surface area contributed by atoms with Crippen molar-refractivity contribution >= 4 is 34.9 Å². The zero-order valence-corrected chi connectivity index (χ0v) is 10.2. The van der Waals surface area contributed by atoms with E-state index in [4.69, 9.17) is 23.2 Å². The molecule has 92 valence electrons. The highest BCUT2D eigenvalue weighted by Gasteiger charge is 2.15. The topological polar surface area (TPSA) is 67.8 Å². The number of carbonyl (C=O) groups is 1. The molecular weight excluding hydrogens is 282 g/mol. The molecule has 1 N–H and O–H groups in total. The fraction of sp³-hybridized carbons (Fsp3) is 0. The summed E-state index contributed by atoms with van der Waals surface area (Å²) >= 11 is 11.4. The lowest BCUT2D eigenvalue weighted by Gasteiger charge is -2.06. The quantitative estimate of drug-likeness (QED) is 0.862. The van der Waals surface area contributed by atoms with Crippen LogP contribution in [0.15, 0.2) is 24.8 Å². The molecule has 2 aromatic heterocycles. The zero-order valence-electron chi connectivity index (χ0n) is 8.69. The summed E-state index contributed by atoms with van der Waals surface area (Å²) in [7, 11) is 0. The average Bonchev–Trinajstić information content (AvgIpc) is 2.35. The van der Waals surface area contributed by atoms with Gasteiger partial charge in [0.25, 0.3) is 5.91 Å². The van der Waals surface area contributed by atoms with Gasteiger partial charge in [-0.2, -0.15) is 0 Å². The highest BCUT2D eigenvalue weighted by atomic mass is 35.5. The maximum atomic E-state index is 13.3.